The number of nitrogens with zero attached hydrogens (tertiary/aromatic N) is 1. The summed E-state index contributed by atoms with van der Waals surface area (Å²) >= 11 is 0. The van der Waals surface area contributed by atoms with Gasteiger partial charge in [-0.05, 0) is 38.7 Å². The zero-order valence-corrected chi connectivity index (χ0v) is 12.9. The molecule has 1 heterocycles. The third-order valence-corrected chi connectivity index (χ3v) is 4.63. The predicted octanol–water partition coefficient (Wildman–Crippen LogP) is 2.58. The lowest BCUT2D eigenvalue weighted by atomic mass is 10.0. The largest absolute Gasteiger partial charge is 0.496 e. The lowest BCUT2D eigenvalue weighted by Gasteiger charge is -2.40. The Hall–Kier alpha value is -1.06. The number of nitrogens with one attached hydrogen (secondary N) is 1. The molecule has 3 nitrogen and oxygen atoms in total. The number of piperazine rings is 1. The van der Waals surface area contributed by atoms with Crippen molar-refractivity contribution in [2.45, 2.75) is 45.3 Å². The van der Waals surface area contributed by atoms with Gasteiger partial charge < -0.3 is 10.1 Å². The van der Waals surface area contributed by atoms with Crippen LogP contribution in [-0.2, 0) is 6.54 Å². The van der Waals surface area contributed by atoms with Crippen LogP contribution in [0.15, 0.2) is 18.2 Å². The summed E-state index contributed by atoms with van der Waals surface area (Å²) in [7, 11) is 1.77. The summed E-state index contributed by atoms with van der Waals surface area (Å²) in [5.74, 6) is 1.93. The zero-order chi connectivity index (χ0) is 14.1. The van der Waals surface area contributed by atoms with Crippen LogP contribution in [-0.4, -0.2) is 37.2 Å². The second kappa shape index (κ2) is 5.74. The molecule has 1 saturated carbocycles. The van der Waals surface area contributed by atoms with Crippen LogP contribution in [0.4, 0.5) is 0 Å². The molecule has 2 fully saturated rings. The molecule has 0 spiro atoms. The highest BCUT2D eigenvalue weighted by Gasteiger charge is 2.38. The van der Waals surface area contributed by atoms with Crippen molar-refractivity contribution in [1.82, 2.24) is 10.2 Å². The first kappa shape index (κ1) is 13.9. The molecule has 110 valence electrons. The van der Waals surface area contributed by atoms with E-state index in [1.165, 1.54) is 24.0 Å². The van der Waals surface area contributed by atoms with Crippen molar-refractivity contribution in [3.8, 4) is 5.75 Å². The molecule has 2 unspecified atom stereocenters. The Labute approximate surface area is 122 Å². The van der Waals surface area contributed by atoms with Crippen LogP contribution in [0.2, 0.25) is 0 Å². The Kier molecular flexibility index (Phi) is 3.99. The van der Waals surface area contributed by atoms with Gasteiger partial charge in [0.15, 0.2) is 0 Å². The smallest absolute Gasteiger partial charge is 0.123 e. The maximum absolute atomic E-state index is 5.54. The number of ether oxygens (including phenoxy) is 1. The van der Waals surface area contributed by atoms with Gasteiger partial charge in [0.2, 0.25) is 0 Å². The molecule has 20 heavy (non-hydrogen) atoms. The maximum Gasteiger partial charge on any atom is 0.123 e. The fraction of sp³-hybridized carbons (Fsp3) is 0.647. The van der Waals surface area contributed by atoms with Crippen LogP contribution >= 0.6 is 0 Å². The van der Waals surface area contributed by atoms with Crippen LogP contribution in [0.5, 0.6) is 5.75 Å². The average Bonchev–Trinajstić information content (AvgIpc) is 3.24. The summed E-state index contributed by atoms with van der Waals surface area (Å²) in [5, 5.41) is 3.64. The molecule has 3 heteroatoms. The van der Waals surface area contributed by atoms with Gasteiger partial charge in [-0.2, -0.15) is 0 Å². The van der Waals surface area contributed by atoms with E-state index >= 15 is 0 Å². The molecule has 1 saturated heterocycles. The first-order valence-electron chi connectivity index (χ1n) is 7.78. The van der Waals surface area contributed by atoms with E-state index < -0.39 is 0 Å². The third kappa shape index (κ3) is 2.99. The van der Waals surface area contributed by atoms with Gasteiger partial charge in [-0.15, -0.1) is 0 Å². The van der Waals surface area contributed by atoms with Crippen molar-refractivity contribution in [2.24, 2.45) is 5.92 Å². The van der Waals surface area contributed by atoms with Crippen molar-refractivity contribution in [1.29, 1.82) is 0 Å². The van der Waals surface area contributed by atoms with Gasteiger partial charge in [0.05, 0.1) is 7.11 Å². The summed E-state index contributed by atoms with van der Waals surface area (Å²) in [4.78, 5) is 2.66. The van der Waals surface area contributed by atoms with E-state index in [1.807, 2.05) is 0 Å². The summed E-state index contributed by atoms with van der Waals surface area (Å²) in [6.07, 6.45) is 2.81. The molecule has 0 amide bonds. The van der Waals surface area contributed by atoms with E-state index in [4.69, 9.17) is 4.74 Å². The predicted molar refractivity (Wildman–Crippen MR) is 82.1 cm³/mol. The molecular weight excluding hydrogens is 248 g/mol. The van der Waals surface area contributed by atoms with E-state index in [0.29, 0.717) is 12.1 Å². The van der Waals surface area contributed by atoms with Gasteiger partial charge in [-0.3, -0.25) is 4.90 Å². The Morgan fingerprint density at radius 2 is 2.15 bits per heavy atom. The summed E-state index contributed by atoms with van der Waals surface area (Å²) in [5.41, 5.74) is 2.64. The highest BCUT2D eigenvalue weighted by Crippen LogP contribution is 2.37. The molecule has 1 N–H and O–H groups in total. The SMILES string of the molecule is COc1ccc(C)cc1CN1CC(C)NCC1C1CC1. The third-order valence-electron chi connectivity index (χ3n) is 4.63. The lowest BCUT2D eigenvalue weighted by Crippen LogP contribution is -2.55. The minimum absolute atomic E-state index is 0.584. The number of hydrogen-bond acceptors (Lipinski definition) is 3. The number of hydrogen-bond donors (Lipinski definition) is 1. The fourth-order valence-corrected chi connectivity index (χ4v) is 3.38. The van der Waals surface area contributed by atoms with Gasteiger partial charge in [-0.25, -0.2) is 0 Å². The molecule has 0 aromatic heterocycles. The minimum atomic E-state index is 0.584. The average molecular weight is 274 g/mol. The van der Waals surface area contributed by atoms with Crippen LogP contribution in [0.25, 0.3) is 0 Å². The Bertz CT molecular complexity index is 470. The van der Waals surface area contributed by atoms with Crippen LogP contribution in [0, 0.1) is 12.8 Å². The zero-order valence-electron chi connectivity index (χ0n) is 12.9. The molecular formula is C17H26N2O. The van der Waals surface area contributed by atoms with Crippen molar-refractivity contribution in [2.75, 3.05) is 20.2 Å². The number of methoxy groups -OCH3 is 1. The Morgan fingerprint density at radius 3 is 2.85 bits per heavy atom. The second-order valence-corrected chi connectivity index (χ2v) is 6.46. The number of aryl methyl sites for hydroxylation is 1. The molecule has 1 aromatic rings. The monoisotopic (exact) mass is 274 g/mol. The number of benzene rings is 1. The van der Waals surface area contributed by atoms with E-state index in [9.17, 15) is 0 Å². The summed E-state index contributed by atoms with van der Waals surface area (Å²) < 4.78 is 5.54. The van der Waals surface area contributed by atoms with E-state index in [1.54, 1.807) is 7.11 Å². The standard InChI is InChI=1S/C17H26N2O/c1-12-4-7-17(20-3)15(8-12)11-19-10-13(2)18-9-16(19)14-5-6-14/h4,7-8,13-14,16,18H,5-6,9-11H2,1-3H3. The number of rotatable bonds is 4. The van der Waals surface area contributed by atoms with Crippen molar-refractivity contribution < 1.29 is 4.74 Å². The highest BCUT2D eigenvalue weighted by molar-refractivity contribution is 5.37. The molecule has 0 radical (unpaired) electrons. The van der Waals surface area contributed by atoms with Gasteiger partial charge in [-0.1, -0.05) is 17.7 Å². The normalized spacial score (nSPS) is 27.6. The Morgan fingerprint density at radius 1 is 1.35 bits per heavy atom. The molecule has 1 aliphatic heterocycles. The van der Waals surface area contributed by atoms with E-state index in [0.717, 1.165) is 31.3 Å². The topological polar surface area (TPSA) is 24.5 Å². The molecule has 3 rings (SSSR count). The van der Waals surface area contributed by atoms with E-state index in [-0.39, 0.29) is 0 Å². The maximum atomic E-state index is 5.54. The van der Waals surface area contributed by atoms with Gasteiger partial charge >= 0.3 is 0 Å². The molecule has 1 aromatic carbocycles. The van der Waals surface area contributed by atoms with Crippen molar-refractivity contribution in [3.05, 3.63) is 29.3 Å². The summed E-state index contributed by atoms with van der Waals surface area (Å²) in [6, 6.07) is 7.79. The molecule has 2 atom stereocenters. The summed E-state index contributed by atoms with van der Waals surface area (Å²) in [6.45, 7) is 7.72. The minimum Gasteiger partial charge on any atom is -0.496 e. The highest BCUT2D eigenvalue weighted by atomic mass is 16.5. The van der Waals surface area contributed by atoms with Gasteiger partial charge in [0.1, 0.15) is 5.75 Å². The Balaban J connectivity index is 1.78. The van der Waals surface area contributed by atoms with Crippen LogP contribution < -0.4 is 10.1 Å². The van der Waals surface area contributed by atoms with Gasteiger partial charge in [0, 0.05) is 37.3 Å². The molecule has 1 aliphatic carbocycles. The van der Waals surface area contributed by atoms with Crippen molar-refractivity contribution >= 4 is 0 Å². The van der Waals surface area contributed by atoms with Gasteiger partial charge in [0.25, 0.3) is 0 Å². The lowest BCUT2D eigenvalue weighted by molar-refractivity contribution is 0.111. The quantitative estimate of drug-likeness (QED) is 0.913. The second-order valence-electron chi connectivity index (χ2n) is 6.46. The molecule has 2 aliphatic rings. The van der Waals surface area contributed by atoms with Crippen LogP contribution in [0.3, 0.4) is 0 Å². The van der Waals surface area contributed by atoms with Crippen LogP contribution in [0.1, 0.15) is 30.9 Å². The van der Waals surface area contributed by atoms with Crippen molar-refractivity contribution in [3.63, 3.8) is 0 Å². The molecule has 0 bridgehead atoms. The first-order chi connectivity index (χ1) is 9.67. The first-order valence-corrected chi connectivity index (χ1v) is 7.78. The van der Waals surface area contributed by atoms with E-state index in [2.05, 4.69) is 42.3 Å². The fourth-order valence-electron chi connectivity index (χ4n) is 3.38.